The molecule has 8 heteroatoms. The van der Waals surface area contributed by atoms with E-state index in [1.54, 1.807) is 18.2 Å². The van der Waals surface area contributed by atoms with Gasteiger partial charge in [0.25, 0.3) is 11.1 Å². The summed E-state index contributed by atoms with van der Waals surface area (Å²) in [6, 6.07) is 13.0. The predicted octanol–water partition coefficient (Wildman–Crippen LogP) is 6.82. The van der Waals surface area contributed by atoms with E-state index in [1.165, 1.54) is 31.3 Å². The molecular formula is C29H28BrNO5S. The Morgan fingerprint density at radius 1 is 1.08 bits per heavy atom. The van der Waals surface area contributed by atoms with Gasteiger partial charge in [-0.25, -0.2) is 0 Å². The van der Waals surface area contributed by atoms with Crippen molar-refractivity contribution >= 4 is 50.9 Å². The van der Waals surface area contributed by atoms with Crippen molar-refractivity contribution in [2.75, 3.05) is 7.11 Å². The van der Waals surface area contributed by atoms with Crippen LogP contribution in [0.1, 0.15) is 49.7 Å². The Balaban J connectivity index is 1.22. The van der Waals surface area contributed by atoms with Crippen LogP contribution in [0.4, 0.5) is 4.79 Å². The number of esters is 1. The average Bonchev–Trinajstić information content (AvgIpc) is 3.12. The van der Waals surface area contributed by atoms with Crippen molar-refractivity contribution in [1.82, 2.24) is 4.90 Å². The number of amides is 2. The molecule has 0 spiro atoms. The van der Waals surface area contributed by atoms with E-state index < -0.39 is 0 Å². The molecule has 5 aliphatic rings. The van der Waals surface area contributed by atoms with Crippen LogP contribution < -0.4 is 9.47 Å². The summed E-state index contributed by atoms with van der Waals surface area (Å²) in [5.74, 6) is 2.21. The second-order valence-electron chi connectivity index (χ2n) is 10.9. The summed E-state index contributed by atoms with van der Waals surface area (Å²) >= 11 is 4.47. The van der Waals surface area contributed by atoms with E-state index in [1.807, 2.05) is 30.3 Å². The summed E-state index contributed by atoms with van der Waals surface area (Å²) in [4.78, 5) is 40.6. The first kappa shape index (κ1) is 24.7. The van der Waals surface area contributed by atoms with Gasteiger partial charge < -0.3 is 9.47 Å². The van der Waals surface area contributed by atoms with Gasteiger partial charge in [-0.2, -0.15) is 0 Å². The van der Waals surface area contributed by atoms with E-state index in [-0.39, 0.29) is 29.1 Å². The molecule has 0 atom stereocenters. The highest BCUT2D eigenvalue weighted by Gasteiger charge is 2.55. The molecule has 4 bridgehead atoms. The summed E-state index contributed by atoms with van der Waals surface area (Å²) in [5, 5.41) is -0.299. The van der Waals surface area contributed by atoms with Gasteiger partial charge in [-0.15, -0.1) is 0 Å². The quantitative estimate of drug-likeness (QED) is 0.212. The lowest BCUT2D eigenvalue weighted by atomic mass is 9.49. The fourth-order valence-corrected chi connectivity index (χ4v) is 8.42. The number of carbonyl (C=O) groups is 3. The highest BCUT2D eigenvalue weighted by molar-refractivity contribution is 9.10. The van der Waals surface area contributed by atoms with Gasteiger partial charge in [-0.3, -0.25) is 19.3 Å². The third-order valence-corrected chi connectivity index (χ3v) is 9.77. The summed E-state index contributed by atoms with van der Waals surface area (Å²) in [6.07, 6.45) is 8.22. The first-order chi connectivity index (χ1) is 17.8. The second kappa shape index (κ2) is 9.62. The molecule has 1 heterocycles. The zero-order valence-electron chi connectivity index (χ0n) is 20.6. The summed E-state index contributed by atoms with van der Waals surface area (Å²) in [6.45, 7) is 0.231. The predicted molar refractivity (Wildman–Crippen MR) is 145 cm³/mol. The molecule has 0 radical (unpaired) electrons. The molecule has 7 rings (SSSR count). The van der Waals surface area contributed by atoms with Crippen LogP contribution in [0, 0.1) is 23.2 Å². The molecule has 37 heavy (non-hydrogen) atoms. The van der Waals surface area contributed by atoms with E-state index in [9.17, 15) is 14.4 Å². The van der Waals surface area contributed by atoms with Gasteiger partial charge in [0, 0.05) is 0 Å². The highest BCUT2D eigenvalue weighted by atomic mass is 79.9. The van der Waals surface area contributed by atoms with E-state index >= 15 is 0 Å². The Bertz CT molecular complexity index is 1270. The summed E-state index contributed by atoms with van der Waals surface area (Å²) in [7, 11) is 1.53. The first-order valence-electron chi connectivity index (χ1n) is 12.7. The zero-order chi connectivity index (χ0) is 25.7. The SMILES string of the molecule is COc1cc(/C=C2\SC(=O)N(Cc3ccccc3)C2=O)cc(Br)c1OC(=O)C12CC3CC(CC(C3)C1)C2. The molecule has 4 saturated carbocycles. The van der Waals surface area contributed by atoms with Crippen molar-refractivity contribution in [2.45, 2.75) is 45.1 Å². The minimum absolute atomic E-state index is 0.152. The van der Waals surface area contributed by atoms with Gasteiger partial charge in [-0.05, 0) is 113 Å². The molecule has 0 unspecified atom stereocenters. The van der Waals surface area contributed by atoms with Crippen molar-refractivity contribution in [3.8, 4) is 11.5 Å². The number of carbonyl (C=O) groups excluding carboxylic acids is 3. The lowest BCUT2D eigenvalue weighted by Crippen LogP contribution is -2.51. The third kappa shape index (κ3) is 4.63. The molecular weight excluding hydrogens is 554 g/mol. The van der Waals surface area contributed by atoms with Crippen molar-refractivity contribution < 1.29 is 23.9 Å². The number of rotatable bonds is 6. The molecule has 1 saturated heterocycles. The topological polar surface area (TPSA) is 72.9 Å². The maximum atomic E-state index is 13.5. The Morgan fingerprint density at radius 3 is 2.35 bits per heavy atom. The molecule has 0 N–H and O–H groups in total. The van der Waals surface area contributed by atoms with E-state index in [4.69, 9.17) is 9.47 Å². The lowest BCUT2D eigenvalue weighted by Gasteiger charge is -2.55. The Labute approximate surface area is 228 Å². The number of methoxy groups -OCH3 is 1. The summed E-state index contributed by atoms with van der Waals surface area (Å²) in [5.41, 5.74) is 1.18. The standard InChI is InChI=1S/C29H28BrNO5S/c1-35-23-11-18(12-24-26(32)31(28(34)37-24)16-17-5-3-2-4-6-17)10-22(30)25(23)36-27(33)29-13-19-7-20(14-29)9-21(8-19)15-29/h2-6,10-12,19-21H,7-9,13-16H2,1H3/b24-12-. The van der Waals surface area contributed by atoms with Crippen molar-refractivity contribution in [3.63, 3.8) is 0 Å². The van der Waals surface area contributed by atoms with Crippen LogP contribution in [-0.2, 0) is 16.1 Å². The lowest BCUT2D eigenvalue weighted by molar-refractivity contribution is -0.161. The number of imide groups is 1. The second-order valence-corrected chi connectivity index (χ2v) is 12.7. The average molecular weight is 583 g/mol. The normalized spacial score (nSPS) is 29.3. The van der Waals surface area contributed by atoms with Crippen molar-refractivity contribution in [1.29, 1.82) is 0 Å². The molecule has 2 aromatic rings. The number of ether oxygens (including phenoxy) is 2. The van der Waals surface area contributed by atoms with Crippen molar-refractivity contribution in [2.24, 2.45) is 23.2 Å². The Hall–Kier alpha value is -2.58. The van der Waals surface area contributed by atoms with E-state index in [0.717, 1.165) is 36.6 Å². The van der Waals surface area contributed by atoms with Crippen LogP contribution in [0.5, 0.6) is 11.5 Å². The van der Waals surface area contributed by atoms with Crippen LogP contribution in [0.2, 0.25) is 0 Å². The fraction of sp³-hybridized carbons (Fsp3) is 0.414. The van der Waals surface area contributed by atoms with Gasteiger partial charge >= 0.3 is 5.97 Å². The third-order valence-electron chi connectivity index (χ3n) is 8.27. The molecule has 0 aromatic heterocycles. The van der Waals surface area contributed by atoms with Crippen LogP contribution in [0.15, 0.2) is 51.8 Å². The van der Waals surface area contributed by atoms with Crippen LogP contribution in [0.3, 0.4) is 0 Å². The molecule has 4 aliphatic carbocycles. The van der Waals surface area contributed by atoms with Gasteiger partial charge in [-0.1, -0.05) is 30.3 Å². The Kier molecular flexibility index (Phi) is 6.43. The number of thioether (sulfide) groups is 1. The van der Waals surface area contributed by atoms with Crippen molar-refractivity contribution in [3.05, 3.63) is 63.0 Å². The number of hydrogen-bond donors (Lipinski definition) is 0. The molecule has 2 aromatic carbocycles. The van der Waals surface area contributed by atoms with Gasteiger partial charge in [0.2, 0.25) is 0 Å². The number of hydrogen-bond acceptors (Lipinski definition) is 6. The number of benzene rings is 2. The van der Waals surface area contributed by atoms with Crippen LogP contribution >= 0.6 is 27.7 Å². The van der Waals surface area contributed by atoms with E-state index in [0.29, 0.717) is 44.2 Å². The number of nitrogens with zero attached hydrogens (tertiary/aromatic N) is 1. The first-order valence-corrected chi connectivity index (χ1v) is 14.3. The smallest absolute Gasteiger partial charge is 0.317 e. The largest absolute Gasteiger partial charge is 0.493 e. The van der Waals surface area contributed by atoms with Crippen LogP contribution in [0.25, 0.3) is 6.08 Å². The zero-order valence-corrected chi connectivity index (χ0v) is 23.0. The Morgan fingerprint density at radius 2 is 1.73 bits per heavy atom. The van der Waals surface area contributed by atoms with Gasteiger partial charge in [0.1, 0.15) is 0 Å². The minimum Gasteiger partial charge on any atom is -0.493 e. The molecule has 5 fully saturated rings. The summed E-state index contributed by atoms with van der Waals surface area (Å²) < 4.78 is 12.2. The maximum absolute atomic E-state index is 13.5. The highest BCUT2D eigenvalue weighted by Crippen LogP contribution is 2.60. The number of halogens is 1. The van der Waals surface area contributed by atoms with Gasteiger partial charge in [0.15, 0.2) is 11.5 Å². The van der Waals surface area contributed by atoms with Crippen LogP contribution in [-0.4, -0.2) is 29.1 Å². The monoisotopic (exact) mass is 581 g/mol. The minimum atomic E-state index is -0.380. The fourth-order valence-electron chi connectivity index (χ4n) is 7.04. The maximum Gasteiger partial charge on any atom is 0.317 e. The molecule has 2 amide bonds. The molecule has 1 aliphatic heterocycles. The van der Waals surface area contributed by atoms with E-state index in [2.05, 4.69) is 15.9 Å². The van der Waals surface area contributed by atoms with Gasteiger partial charge in [0.05, 0.1) is 28.4 Å². The molecule has 6 nitrogen and oxygen atoms in total. The molecule has 192 valence electrons.